The summed E-state index contributed by atoms with van der Waals surface area (Å²) >= 11 is 0. The van der Waals surface area contributed by atoms with E-state index in [2.05, 4.69) is 4.98 Å². The molecule has 0 spiro atoms. The van der Waals surface area contributed by atoms with Gasteiger partial charge in [-0.05, 0) is 43.2 Å². The van der Waals surface area contributed by atoms with Crippen molar-refractivity contribution in [1.29, 1.82) is 0 Å². The molecule has 7 nitrogen and oxygen atoms in total. The van der Waals surface area contributed by atoms with Gasteiger partial charge in [-0.15, -0.1) is 0 Å². The number of nitrogens with zero attached hydrogens (tertiary/aromatic N) is 1. The first-order chi connectivity index (χ1) is 16.9. The van der Waals surface area contributed by atoms with Crippen molar-refractivity contribution in [3.05, 3.63) is 102 Å². The van der Waals surface area contributed by atoms with Gasteiger partial charge in [0.05, 0.1) is 10.5 Å². The van der Waals surface area contributed by atoms with Crippen LogP contribution in [-0.2, 0) is 14.8 Å². The number of fused-ring (bicyclic) bond motifs is 1. The van der Waals surface area contributed by atoms with E-state index in [-0.39, 0.29) is 16.2 Å². The van der Waals surface area contributed by atoms with Crippen molar-refractivity contribution in [2.75, 3.05) is 13.1 Å². The van der Waals surface area contributed by atoms with Crippen molar-refractivity contribution < 1.29 is 22.7 Å². The van der Waals surface area contributed by atoms with Gasteiger partial charge in [0.15, 0.2) is 6.10 Å². The average Bonchev–Trinajstić information content (AvgIpc) is 3.58. The minimum absolute atomic E-state index is 0.130. The number of nitrogens with one attached hydrogen (secondary N) is 1. The molecule has 0 aliphatic carbocycles. The summed E-state index contributed by atoms with van der Waals surface area (Å²) in [4.78, 5) is 29.8. The van der Waals surface area contributed by atoms with Gasteiger partial charge >= 0.3 is 5.97 Å². The van der Waals surface area contributed by atoms with Crippen molar-refractivity contribution in [3.8, 4) is 0 Å². The molecule has 1 aromatic heterocycles. The maximum Gasteiger partial charge on any atom is 0.339 e. The Morgan fingerprint density at radius 3 is 2.23 bits per heavy atom. The van der Waals surface area contributed by atoms with E-state index in [0.29, 0.717) is 24.2 Å². The Bertz CT molecular complexity index is 1470. The number of ketones is 1. The first-order valence-electron chi connectivity index (χ1n) is 11.4. The Morgan fingerprint density at radius 1 is 0.857 bits per heavy atom. The van der Waals surface area contributed by atoms with Gasteiger partial charge in [-0.3, -0.25) is 4.79 Å². The standard InChI is InChI=1S/C27H24N2O5S/c30-25(23-18-28-24-11-5-4-10-22(23)24)26(19-8-2-1-3-9-19)34-27(31)20-12-14-21(15-13-20)35(32,33)29-16-6-7-17-29/h1-5,8-15,18,26,28H,6-7,16-17H2/t26-/m0/s1. The molecular weight excluding hydrogens is 464 g/mol. The number of ether oxygens (including phenoxy) is 1. The first-order valence-corrected chi connectivity index (χ1v) is 12.9. The summed E-state index contributed by atoms with van der Waals surface area (Å²) < 4.78 is 32.7. The predicted molar refractivity (Wildman–Crippen MR) is 132 cm³/mol. The summed E-state index contributed by atoms with van der Waals surface area (Å²) in [5.41, 5.74) is 1.94. The van der Waals surface area contributed by atoms with Gasteiger partial charge in [0.1, 0.15) is 0 Å². The number of carbonyl (C=O) groups excluding carboxylic acids is 2. The van der Waals surface area contributed by atoms with Gasteiger partial charge in [0.25, 0.3) is 0 Å². The van der Waals surface area contributed by atoms with Crippen LogP contribution >= 0.6 is 0 Å². The highest BCUT2D eigenvalue weighted by Gasteiger charge is 2.30. The van der Waals surface area contributed by atoms with Gasteiger partial charge in [-0.25, -0.2) is 13.2 Å². The summed E-state index contributed by atoms with van der Waals surface area (Å²) in [6.07, 6.45) is 2.15. The molecule has 0 radical (unpaired) electrons. The van der Waals surface area contributed by atoms with E-state index < -0.39 is 22.1 Å². The predicted octanol–water partition coefficient (Wildman–Crippen LogP) is 4.73. The third-order valence-corrected chi connectivity index (χ3v) is 8.13. The van der Waals surface area contributed by atoms with Crippen molar-refractivity contribution in [3.63, 3.8) is 0 Å². The van der Waals surface area contributed by atoms with Crippen LogP contribution in [0.2, 0.25) is 0 Å². The number of hydrogen-bond acceptors (Lipinski definition) is 5. The molecule has 0 amide bonds. The highest BCUT2D eigenvalue weighted by Crippen LogP contribution is 2.28. The smallest absolute Gasteiger partial charge is 0.339 e. The monoisotopic (exact) mass is 488 g/mol. The van der Waals surface area contributed by atoms with Crippen LogP contribution in [0.1, 0.15) is 45.2 Å². The topological polar surface area (TPSA) is 96.5 Å². The normalized spacial score (nSPS) is 15.2. The number of rotatable bonds is 7. The zero-order valence-corrected chi connectivity index (χ0v) is 19.7. The third-order valence-electron chi connectivity index (χ3n) is 6.21. The van der Waals surface area contributed by atoms with Crippen molar-refractivity contribution in [2.24, 2.45) is 0 Å². The molecule has 178 valence electrons. The summed E-state index contributed by atoms with van der Waals surface area (Å²) in [6.45, 7) is 1.00. The van der Waals surface area contributed by atoms with E-state index >= 15 is 0 Å². The maximum atomic E-state index is 13.5. The number of aromatic nitrogens is 1. The molecule has 0 unspecified atom stereocenters. The van der Waals surface area contributed by atoms with Crippen LogP contribution in [0.3, 0.4) is 0 Å². The lowest BCUT2D eigenvalue weighted by molar-refractivity contribution is 0.0280. The third kappa shape index (κ3) is 4.50. The zero-order valence-electron chi connectivity index (χ0n) is 18.9. The molecule has 5 rings (SSSR count). The molecule has 1 aliphatic heterocycles. The SMILES string of the molecule is O=C(O[C@H](C(=O)c1c[nH]c2ccccc12)c1ccccc1)c1ccc(S(=O)(=O)N2CCCC2)cc1. The number of sulfonamides is 1. The van der Waals surface area contributed by atoms with Crippen molar-refractivity contribution >= 4 is 32.7 Å². The quantitative estimate of drug-likeness (QED) is 0.300. The summed E-state index contributed by atoms with van der Waals surface area (Å²) in [7, 11) is -3.59. The van der Waals surface area contributed by atoms with E-state index in [1.807, 2.05) is 30.3 Å². The lowest BCUT2D eigenvalue weighted by Crippen LogP contribution is -2.27. The molecule has 4 aromatic rings. The van der Waals surface area contributed by atoms with E-state index in [0.717, 1.165) is 23.7 Å². The lowest BCUT2D eigenvalue weighted by Gasteiger charge is -2.18. The molecule has 0 bridgehead atoms. The van der Waals surface area contributed by atoms with Crippen molar-refractivity contribution in [2.45, 2.75) is 23.8 Å². The number of carbonyl (C=O) groups is 2. The minimum Gasteiger partial charge on any atom is -0.445 e. The van der Waals surface area contributed by atoms with Crippen LogP contribution in [0.4, 0.5) is 0 Å². The molecule has 1 aliphatic rings. The second-order valence-corrected chi connectivity index (χ2v) is 10.4. The maximum absolute atomic E-state index is 13.5. The average molecular weight is 489 g/mol. The first kappa shape index (κ1) is 23.0. The molecule has 2 heterocycles. The summed E-state index contributed by atoms with van der Waals surface area (Å²) in [5, 5.41) is 0.742. The molecule has 1 atom stereocenters. The van der Waals surface area contributed by atoms with Crippen LogP contribution in [0, 0.1) is 0 Å². The molecule has 8 heteroatoms. The van der Waals surface area contributed by atoms with E-state index in [1.54, 1.807) is 30.5 Å². The van der Waals surface area contributed by atoms with Crippen LogP contribution in [0.25, 0.3) is 10.9 Å². The number of Topliss-reactive ketones (excluding diaryl/α,β-unsaturated/α-hetero) is 1. The number of para-hydroxylation sites is 1. The van der Waals surface area contributed by atoms with E-state index in [4.69, 9.17) is 4.74 Å². The van der Waals surface area contributed by atoms with Crippen LogP contribution in [0.5, 0.6) is 0 Å². The Morgan fingerprint density at radius 2 is 1.51 bits per heavy atom. The molecule has 1 fully saturated rings. The fourth-order valence-corrected chi connectivity index (χ4v) is 5.85. The van der Waals surface area contributed by atoms with Gasteiger partial charge in [-0.2, -0.15) is 4.31 Å². The fourth-order valence-electron chi connectivity index (χ4n) is 4.33. The molecule has 35 heavy (non-hydrogen) atoms. The molecular formula is C27H24N2O5S. The molecule has 1 N–H and O–H groups in total. The second-order valence-electron chi connectivity index (χ2n) is 8.44. The summed E-state index contributed by atoms with van der Waals surface area (Å²) in [5.74, 6) is -1.06. The Kier molecular flexibility index (Phi) is 6.23. The zero-order chi connectivity index (χ0) is 24.4. The highest BCUT2D eigenvalue weighted by molar-refractivity contribution is 7.89. The van der Waals surface area contributed by atoms with Gasteiger partial charge < -0.3 is 9.72 Å². The van der Waals surface area contributed by atoms with Gasteiger partial charge in [0, 0.05) is 41.3 Å². The Hall–Kier alpha value is -3.75. The largest absolute Gasteiger partial charge is 0.445 e. The van der Waals surface area contributed by atoms with Crippen LogP contribution < -0.4 is 0 Å². The Labute approximate surface area is 203 Å². The van der Waals surface area contributed by atoms with Gasteiger partial charge in [-0.1, -0.05) is 48.5 Å². The van der Waals surface area contributed by atoms with Crippen LogP contribution in [0.15, 0.2) is 90.0 Å². The summed E-state index contributed by atoms with van der Waals surface area (Å²) in [6, 6.07) is 21.9. The number of hydrogen-bond donors (Lipinski definition) is 1. The second kappa shape index (κ2) is 9.48. The van der Waals surface area contributed by atoms with Gasteiger partial charge in [0.2, 0.25) is 15.8 Å². The molecule has 1 saturated heterocycles. The van der Waals surface area contributed by atoms with Crippen molar-refractivity contribution in [1.82, 2.24) is 9.29 Å². The highest BCUT2D eigenvalue weighted by atomic mass is 32.2. The minimum atomic E-state index is -3.59. The number of H-pyrrole nitrogens is 1. The van der Waals surface area contributed by atoms with Crippen LogP contribution in [-0.4, -0.2) is 42.5 Å². The fraction of sp³-hybridized carbons (Fsp3) is 0.185. The molecule has 0 saturated carbocycles. The number of aromatic amines is 1. The van der Waals surface area contributed by atoms with E-state index in [9.17, 15) is 18.0 Å². The lowest BCUT2D eigenvalue weighted by atomic mass is 9.99. The Balaban J connectivity index is 1.42. The number of esters is 1. The molecule has 3 aromatic carbocycles. The number of benzene rings is 3. The van der Waals surface area contributed by atoms with E-state index in [1.165, 1.54) is 28.6 Å².